The number of piperazine rings is 1. The maximum Gasteiger partial charge on any atom is 0.315 e. The summed E-state index contributed by atoms with van der Waals surface area (Å²) < 4.78 is 0. The molecule has 0 spiro atoms. The summed E-state index contributed by atoms with van der Waals surface area (Å²) >= 11 is 6.11. The van der Waals surface area contributed by atoms with Crippen LogP contribution in [-0.2, 0) is 24.0 Å². The van der Waals surface area contributed by atoms with E-state index in [9.17, 15) is 28.8 Å². The highest BCUT2D eigenvalue weighted by Gasteiger charge is 2.43. The van der Waals surface area contributed by atoms with Gasteiger partial charge in [-0.05, 0) is 48.8 Å². The summed E-state index contributed by atoms with van der Waals surface area (Å²) in [5.74, 6) is -2.93. The number of primary amides is 1. The van der Waals surface area contributed by atoms with Gasteiger partial charge in [0.25, 0.3) is 5.91 Å². The summed E-state index contributed by atoms with van der Waals surface area (Å²) in [6.07, 6.45) is 3.10. The van der Waals surface area contributed by atoms with Crippen LogP contribution in [0.1, 0.15) is 52.9 Å². The Morgan fingerprint density at radius 2 is 1.67 bits per heavy atom. The maximum atomic E-state index is 13.8. The Hall–Kier alpha value is -3.87. The highest BCUT2D eigenvalue weighted by molar-refractivity contribution is 6.37. The van der Waals surface area contributed by atoms with E-state index in [0.29, 0.717) is 57.0 Å². The normalized spacial score (nSPS) is 19.8. The quantitative estimate of drug-likeness (QED) is 0.260. The van der Waals surface area contributed by atoms with Gasteiger partial charge in [-0.25, -0.2) is 4.79 Å². The first-order valence-corrected chi connectivity index (χ1v) is 15.9. The fraction of sp³-hybridized carbons (Fsp3) is 0.613. The van der Waals surface area contributed by atoms with Crippen molar-refractivity contribution in [3.8, 4) is 0 Å². The minimum absolute atomic E-state index is 0.237. The Bertz CT molecular complexity index is 1310. The standard InChI is InChI=1S/C31H44ClN7O6/c1-31(2,3)26(29(44)39-11-5-8-23(39)28(43)35-22(16-19-9-10-19)25(41)27(33)42)36-30(45)34-18-24(40)38-14-12-37(13-15-38)21-7-4-6-20(32)17-21/h4,6-7,17,19,22-23,26H,5,8-16,18H2,1-3H3,(H2,33,42)(H,35,43)(H2,34,36,45). The van der Waals surface area contributed by atoms with E-state index in [4.69, 9.17) is 17.3 Å². The molecule has 13 nitrogen and oxygen atoms in total. The number of nitrogens with zero attached hydrogens (tertiary/aromatic N) is 3. The third-order valence-electron chi connectivity index (χ3n) is 8.57. The number of anilines is 1. The smallest absolute Gasteiger partial charge is 0.315 e. The van der Waals surface area contributed by atoms with Gasteiger partial charge in [-0.3, -0.25) is 24.0 Å². The molecule has 3 unspecified atom stereocenters. The van der Waals surface area contributed by atoms with Crippen LogP contribution >= 0.6 is 11.6 Å². The topological polar surface area (TPSA) is 174 Å². The predicted molar refractivity (Wildman–Crippen MR) is 168 cm³/mol. The van der Waals surface area contributed by atoms with Crippen molar-refractivity contribution in [1.29, 1.82) is 0 Å². The van der Waals surface area contributed by atoms with Crippen LogP contribution in [0.4, 0.5) is 10.5 Å². The fourth-order valence-electron chi connectivity index (χ4n) is 5.81. The van der Waals surface area contributed by atoms with E-state index in [2.05, 4.69) is 20.9 Å². The molecule has 246 valence electrons. The molecule has 2 saturated heterocycles. The lowest BCUT2D eigenvalue weighted by atomic mass is 9.85. The van der Waals surface area contributed by atoms with Crippen molar-refractivity contribution in [2.45, 2.75) is 71.0 Å². The summed E-state index contributed by atoms with van der Waals surface area (Å²) in [7, 11) is 0. The maximum absolute atomic E-state index is 13.8. The molecule has 0 bridgehead atoms. The molecular weight excluding hydrogens is 602 g/mol. The van der Waals surface area contributed by atoms with Crippen LogP contribution < -0.4 is 26.6 Å². The number of rotatable bonds is 11. The van der Waals surface area contributed by atoms with E-state index in [-0.39, 0.29) is 18.4 Å². The summed E-state index contributed by atoms with van der Waals surface area (Å²) in [5, 5.41) is 8.60. The highest BCUT2D eigenvalue weighted by Crippen LogP contribution is 2.34. The van der Waals surface area contributed by atoms with Gasteiger partial charge in [0.05, 0.1) is 12.6 Å². The molecule has 2 aliphatic heterocycles. The number of halogens is 1. The Balaban J connectivity index is 1.31. The van der Waals surface area contributed by atoms with Crippen LogP contribution in [0.3, 0.4) is 0 Å². The van der Waals surface area contributed by atoms with Gasteiger partial charge >= 0.3 is 6.03 Å². The van der Waals surface area contributed by atoms with E-state index >= 15 is 0 Å². The van der Waals surface area contributed by atoms with Crippen LogP contribution in [0.2, 0.25) is 5.02 Å². The molecule has 3 fully saturated rings. The second kappa shape index (κ2) is 14.5. The average molecular weight is 646 g/mol. The van der Waals surface area contributed by atoms with Crippen molar-refractivity contribution in [1.82, 2.24) is 25.8 Å². The Morgan fingerprint density at radius 1 is 0.978 bits per heavy atom. The molecule has 1 aromatic rings. The van der Waals surface area contributed by atoms with Gasteiger partial charge in [0.1, 0.15) is 12.1 Å². The largest absolute Gasteiger partial charge is 0.368 e. The SMILES string of the molecule is CC(C)(C)C(NC(=O)NCC(=O)N1CCN(c2cccc(Cl)c2)CC1)C(=O)N1CCCC1C(=O)NC(CC1CC1)C(=O)C(N)=O. The lowest BCUT2D eigenvalue weighted by molar-refractivity contribution is -0.143. The van der Waals surface area contributed by atoms with Crippen LogP contribution in [-0.4, -0.2) is 103 Å². The first kappa shape index (κ1) is 34.0. The van der Waals surface area contributed by atoms with Crippen molar-refractivity contribution in [2.24, 2.45) is 17.1 Å². The molecule has 5 N–H and O–H groups in total. The molecule has 4 rings (SSSR count). The molecule has 6 amide bonds. The van der Waals surface area contributed by atoms with Crippen LogP contribution in [0.25, 0.3) is 0 Å². The molecule has 1 saturated carbocycles. The van der Waals surface area contributed by atoms with Crippen molar-refractivity contribution < 1.29 is 28.8 Å². The number of ketones is 1. The minimum atomic E-state index is -1.11. The zero-order chi connectivity index (χ0) is 32.9. The van der Waals surface area contributed by atoms with Crippen LogP contribution in [0.15, 0.2) is 24.3 Å². The number of hydrogen-bond acceptors (Lipinski definition) is 7. The lowest BCUT2D eigenvalue weighted by Crippen LogP contribution is -2.60. The number of nitrogens with one attached hydrogen (secondary N) is 3. The van der Waals surface area contributed by atoms with Gasteiger partial charge in [0.15, 0.2) is 0 Å². The van der Waals surface area contributed by atoms with Crippen molar-refractivity contribution in [2.75, 3.05) is 44.2 Å². The number of likely N-dealkylation sites (tertiary alicyclic amines) is 1. The lowest BCUT2D eigenvalue weighted by Gasteiger charge is -2.36. The molecule has 1 aromatic carbocycles. The van der Waals surface area contributed by atoms with Crippen LogP contribution in [0.5, 0.6) is 0 Å². The predicted octanol–water partition coefficient (Wildman–Crippen LogP) is 1.03. The molecule has 45 heavy (non-hydrogen) atoms. The number of carbonyl (C=O) groups is 6. The Morgan fingerprint density at radius 3 is 2.27 bits per heavy atom. The summed E-state index contributed by atoms with van der Waals surface area (Å²) in [6, 6.07) is 3.97. The van der Waals surface area contributed by atoms with Crippen LogP contribution in [0, 0.1) is 11.3 Å². The van der Waals surface area contributed by atoms with Crippen molar-refractivity contribution >= 4 is 52.7 Å². The van der Waals surface area contributed by atoms with Crippen molar-refractivity contribution in [3.05, 3.63) is 29.3 Å². The molecular formula is C31H44ClN7O6. The van der Waals surface area contributed by atoms with Gasteiger partial charge in [0, 0.05) is 43.4 Å². The Kier molecular flexibility index (Phi) is 10.9. The molecule has 0 radical (unpaired) electrons. The third-order valence-corrected chi connectivity index (χ3v) is 8.81. The molecule has 3 atom stereocenters. The second-order valence-electron chi connectivity index (χ2n) is 13.1. The Labute approximate surface area is 268 Å². The number of nitrogens with two attached hydrogens (primary N) is 1. The first-order chi connectivity index (χ1) is 21.2. The molecule has 1 aliphatic carbocycles. The van der Waals surface area contributed by atoms with E-state index < -0.39 is 53.1 Å². The molecule has 14 heteroatoms. The zero-order valence-electron chi connectivity index (χ0n) is 26.1. The van der Waals surface area contributed by atoms with E-state index in [0.717, 1.165) is 18.5 Å². The van der Waals surface area contributed by atoms with Gasteiger partial charge in [-0.2, -0.15) is 0 Å². The summed E-state index contributed by atoms with van der Waals surface area (Å²) in [5.41, 5.74) is 5.47. The second-order valence-corrected chi connectivity index (χ2v) is 13.6. The van der Waals surface area contributed by atoms with Gasteiger partial charge < -0.3 is 36.4 Å². The van der Waals surface area contributed by atoms with Gasteiger partial charge in [-0.15, -0.1) is 0 Å². The monoisotopic (exact) mass is 645 g/mol. The van der Waals surface area contributed by atoms with Crippen molar-refractivity contribution in [3.63, 3.8) is 0 Å². The third kappa shape index (κ3) is 9.09. The minimum Gasteiger partial charge on any atom is -0.368 e. The van der Waals surface area contributed by atoms with E-state index in [1.54, 1.807) is 25.7 Å². The van der Waals surface area contributed by atoms with E-state index in [1.807, 2.05) is 24.3 Å². The number of benzene rings is 1. The number of urea groups is 1. The molecule has 0 aromatic heterocycles. The zero-order valence-corrected chi connectivity index (χ0v) is 26.9. The number of carbonyl (C=O) groups excluding carboxylic acids is 6. The van der Waals surface area contributed by atoms with Gasteiger partial charge in [0.2, 0.25) is 23.5 Å². The summed E-state index contributed by atoms with van der Waals surface area (Å²) in [6.45, 7) is 7.67. The number of amides is 6. The number of Topliss-reactive ketones (excluding diaryl/α,β-unsaturated/α-hetero) is 1. The summed E-state index contributed by atoms with van der Waals surface area (Å²) in [4.78, 5) is 82.0. The number of hydrogen-bond donors (Lipinski definition) is 4. The average Bonchev–Trinajstić information content (AvgIpc) is 3.67. The van der Waals surface area contributed by atoms with Gasteiger partial charge in [-0.1, -0.05) is 51.3 Å². The highest BCUT2D eigenvalue weighted by atomic mass is 35.5. The fourth-order valence-corrected chi connectivity index (χ4v) is 6.00. The first-order valence-electron chi connectivity index (χ1n) is 15.5. The molecule has 3 aliphatic rings. The van der Waals surface area contributed by atoms with E-state index in [1.165, 1.54) is 4.90 Å². The molecule has 2 heterocycles.